The van der Waals surface area contributed by atoms with E-state index in [1.54, 1.807) is 0 Å². The van der Waals surface area contributed by atoms with Crippen LogP contribution in [0.2, 0.25) is 0 Å². The van der Waals surface area contributed by atoms with E-state index in [1.165, 1.54) is 0 Å². The number of hydrogen-bond donors (Lipinski definition) is 1. The molecule has 1 aromatic carbocycles. The van der Waals surface area contributed by atoms with E-state index in [9.17, 15) is 9.59 Å². The minimum absolute atomic E-state index is 0.109. The number of halogens is 1. The van der Waals surface area contributed by atoms with Gasteiger partial charge in [0.1, 0.15) is 0 Å². The van der Waals surface area contributed by atoms with Crippen LogP contribution in [0.3, 0.4) is 0 Å². The van der Waals surface area contributed by atoms with Gasteiger partial charge in [-0.2, -0.15) is 0 Å². The first-order valence-corrected chi connectivity index (χ1v) is 6.51. The minimum Gasteiger partial charge on any atom is -0.296 e. The van der Waals surface area contributed by atoms with Gasteiger partial charge < -0.3 is 0 Å². The number of imide groups is 1. The molecule has 1 saturated carbocycles. The highest BCUT2D eigenvalue weighted by Gasteiger charge is 2.74. The van der Waals surface area contributed by atoms with Gasteiger partial charge in [0.15, 0.2) is 0 Å². The first-order chi connectivity index (χ1) is 8.11. The standard InChI is InChI=1S/C13H12BrNO2/c1-2-13(7-4-3-5-8(14)6-7)9-10(13)12(17)15-11(9)16/h3-6,9-10H,2H2,1H3,(H,15,16,17)/t9-,10+,13-. The molecule has 4 heteroatoms. The maximum Gasteiger partial charge on any atom is 0.231 e. The predicted octanol–water partition coefficient (Wildman–Crippen LogP) is 2.00. The maximum absolute atomic E-state index is 11.7. The first-order valence-electron chi connectivity index (χ1n) is 5.72. The molecule has 0 bridgehead atoms. The van der Waals surface area contributed by atoms with Crippen molar-refractivity contribution in [3.8, 4) is 0 Å². The fourth-order valence-corrected chi connectivity index (χ4v) is 3.67. The zero-order valence-corrected chi connectivity index (χ0v) is 11.0. The highest BCUT2D eigenvalue weighted by Crippen LogP contribution is 2.64. The van der Waals surface area contributed by atoms with Gasteiger partial charge in [0.2, 0.25) is 11.8 Å². The lowest BCUT2D eigenvalue weighted by Crippen LogP contribution is -2.33. The van der Waals surface area contributed by atoms with Gasteiger partial charge in [-0.15, -0.1) is 0 Å². The van der Waals surface area contributed by atoms with Crippen LogP contribution in [-0.2, 0) is 15.0 Å². The molecular weight excluding hydrogens is 282 g/mol. The van der Waals surface area contributed by atoms with Crippen molar-refractivity contribution < 1.29 is 9.59 Å². The van der Waals surface area contributed by atoms with Gasteiger partial charge in [-0.05, 0) is 24.1 Å². The number of amides is 2. The number of fused-ring (bicyclic) bond motifs is 1. The van der Waals surface area contributed by atoms with Crippen LogP contribution in [0.25, 0.3) is 0 Å². The second kappa shape index (κ2) is 3.42. The number of nitrogens with one attached hydrogen (secondary N) is 1. The lowest BCUT2D eigenvalue weighted by Gasteiger charge is -2.19. The molecular formula is C13H12BrNO2. The Hall–Kier alpha value is -1.16. The molecule has 2 amide bonds. The third-order valence-corrected chi connectivity index (χ3v) is 4.59. The van der Waals surface area contributed by atoms with E-state index in [1.807, 2.05) is 31.2 Å². The van der Waals surface area contributed by atoms with Crippen molar-refractivity contribution in [3.05, 3.63) is 34.3 Å². The molecule has 1 N–H and O–H groups in total. The predicted molar refractivity (Wildman–Crippen MR) is 66.2 cm³/mol. The molecule has 0 radical (unpaired) electrons. The summed E-state index contributed by atoms with van der Waals surface area (Å²) in [4.78, 5) is 23.4. The molecule has 1 aliphatic carbocycles. The molecule has 17 heavy (non-hydrogen) atoms. The van der Waals surface area contributed by atoms with E-state index in [2.05, 4.69) is 21.2 Å². The summed E-state index contributed by atoms with van der Waals surface area (Å²) in [7, 11) is 0. The third kappa shape index (κ3) is 1.27. The third-order valence-electron chi connectivity index (χ3n) is 4.09. The van der Waals surface area contributed by atoms with Crippen LogP contribution in [0.4, 0.5) is 0 Å². The maximum atomic E-state index is 11.7. The quantitative estimate of drug-likeness (QED) is 0.848. The smallest absolute Gasteiger partial charge is 0.231 e. The Morgan fingerprint density at radius 2 is 1.94 bits per heavy atom. The summed E-state index contributed by atoms with van der Waals surface area (Å²) in [6.07, 6.45) is 0.817. The summed E-state index contributed by atoms with van der Waals surface area (Å²) in [5.41, 5.74) is 0.830. The Kier molecular flexibility index (Phi) is 2.20. The summed E-state index contributed by atoms with van der Waals surface area (Å²) in [6.45, 7) is 2.04. The highest BCUT2D eigenvalue weighted by atomic mass is 79.9. The normalized spacial score (nSPS) is 34.5. The molecule has 0 aromatic heterocycles. The van der Waals surface area contributed by atoms with Gasteiger partial charge in [-0.25, -0.2) is 0 Å². The van der Waals surface area contributed by atoms with E-state index in [0.717, 1.165) is 16.5 Å². The SMILES string of the molecule is CC[C@]1(c2cccc(Br)c2)[C@@H]2C(=O)NC(=O)[C@@H]21. The van der Waals surface area contributed by atoms with Crippen LogP contribution in [0.1, 0.15) is 18.9 Å². The second-order valence-electron chi connectivity index (χ2n) is 4.71. The van der Waals surface area contributed by atoms with Crippen LogP contribution >= 0.6 is 15.9 Å². The van der Waals surface area contributed by atoms with E-state index in [0.29, 0.717) is 0 Å². The molecule has 3 atom stereocenters. The molecule has 1 saturated heterocycles. The van der Waals surface area contributed by atoms with E-state index in [4.69, 9.17) is 0 Å². The van der Waals surface area contributed by atoms with Crippen LogP contribution < -0.4 is 5.32 Å². The Bertz CT molecular complexity index is 506. The van der Waals surface area contributed by atoms with Gasteiger partial charge in [0, 0.05) is 9.89 Å². The molecule has 0 unspecified atom stereocenters. The summed E-state index contributed by atoms with van der Waals surface area (Å²) < 4.78 is 0.987. The van der Waals surface area contributed by atoms with Crippen molar-refractivity contribution in [1.29, 1.82) is 0 Å². The summed E-state index contributed by atoms with van der Waals surface area (Å²) in [6, 6.07) is 7.93. The summed E-state index contributed by atoms with van der Waals surface area (Å²) in [5.74, 6) is -0.535. The van der Waals surface area contributed by atoms with Crippen molar-refractivity contribution in [2.45, 2.75) is 18.8 Å². The number of hydrogen-bond acceptors (Lipinski definition) is 2. The van der Waals surface area contributed by atoms with E-state index in [-0.39, 0.29) is 29.1 Å². The molecule has 88 valence electrons. The second-order valence-corrected chi connectivity index (χ2v) is 5.63. The minimum atomic E-state index is -0.261. The van der Waals surface area contributed by atoms with Crippen LogP contribution in [-0.4, -0.2) is 11.8 Å². The van der Waals surface area contributed by atoms with Crippen LogP contribution in [0.5, 0.6) is 0 Å². The fourth-order valence-electron chi connectivity index (χ4n) is 3.27. The van der Waals surface area contributed by atoms with E-state index < -0.39 is 0 Å². The highest BCUT2D eigenvalue weighted by molar-refractivity contribution is 9.10. The van der Waals surface area contributed by atoms with Crippen LogP contribution in [0, 0.1) is 11.8 Å². The zero-order valence-electron chi connectivity index (χ0n) is 9.37. The molecule has 1 aliphatic heterocycles. The average Bonchev–Trinajstić information content (AvgIpc) is 2.90. The number of carbonyl (C=O) groups excluding carboxylic acids is 2. The van der Waals surface area contributed by atoms with E-state index >= 15 is 0 Å². The molecule has 1 aromatic rings. The molecule has 2 aliphatic rings. The lowest BCUT2D eigenvalue weighted by atomic mass is 9.87. The van der Waals surface area contributed by atoms with Crippen molar-refractivity contribution >= 4 is 27.7 Å². The van der Waals surface area contributed by atoms with Crippen molar-refractivity contribution in [2.24, 2.45) is 11.8 Å². The summed E-state index contributed by atoms with van der Waals surface area (Å²) >= 11 is 3.44. The summed E-state index contributed by atoms with van der Waals surface area (Å²) in [5, 5.41) is 2.40. The molecule has 2 fully saturated rings. The molecule has 0 spiro atoms. The Morgan fingerprint density at radius 1 is 1.29 bits per heavy atom. The monoisotopic (exact) mass is 293 g/mol. The molecule has 3 rings (SSSR count). The molecule has 3 nitrogen and oxygen atoms in total. The van der Waals surface area contributed by atoms with Gasteiger partial charge in [0.05, 0.1) is 11.8 Å². The van der Waals surface area contributed by atoms with Crippen LogP contribution in [0.15, 0.2) is 28.7 Å². The first kappa shape index (κ1) is 11.0. The number of rotatable bonds is 2. The Labute approximate surface area is 108 Å². The van der Waals surface area contributed by atoms with Crippen molar-refractivity contribution in [1.82, 2.24) is 5.32 Å². The molecule has 1 heterocycles. The largest absolute Gasteiger partial charge is 0.296 e. The average molecular weight is 294 g/mol. The van der Waals surface area contributed by atoms with Crippen molar-refractivity contribution in [3.63, 3.8) is 0 Å². The van der Waals surface area contributed by atoms with Gasteiger partial charge in [0.25, 0.3) is 0 Å². The fraction of sp³-hybridized carbons (Fsp3) is 0.385. The van der Waals surface area contributed by atoms with Gasteiger partial charge >= 0.3 is 0 Å². The topological polar surface area (TPSA) is 46.2 Å². The lowest BCUT2D eigenvalue weighted by molar-refractivity contribution is -0.128. The number of benzene rings is 1. The Morgan fingerprint density at radius 3 is 2.47 bits per heavy atom. The van der Waals surface area contributed by atoms with Crippen molar-refractivity contribution in [2.75, 3.05) is 0 Å². The van der Waals surface area contributed by atoms with Gasteiger partial charge in [-0.3, -0.25) is 14.9 Å². The Balaban J connectivity index is 2.07. The van der Waals surface area contributed by atoms with Gasteiger partial charge in [-0.1, -0.05) is 35.0 Å². The zero-order chi connectivity index (χ0) is 12.2. The number of piperidine rings is 1. The number of carbonyl (C=O) groups is 2.